The summed E-state index contributed by atoms with van der Waals surface area (Å²) in [5.41, 5.74) is -0.000667. The van der Waals surface area contributed by atoms with Gasteiger partial charge in [-0.3, -0.25) is 0 Å². The molecule has 1 aliphatic rings. The third-order valence-corrected chi connectivity index (χ3v) is 3.49. The molecule has 7 heteroatoms. The summed E-state index contributed by atoms with van der Waals surface area (Å²) in [6.45, 7) is 0.857. The Morgan fingerprint density at radius 2 is 2.10 bits per heavy atom. The first-order valence-corrected chi connectivity index (χ1v) is 6.47. The number of oxazole rings is 1. The lowest BCUT2D eigenvalue weighted by Gasteiger charge is -2.20. The van der Waals surface area contributed by atoms with Gasteiger partial charge in [-0.05, 0) is 24.6 Å². The fourth-order valence-electron chi connectivity index (χ4n) is 2.43. The van der Waals surface area contributed by atoms with Gasteiger partial charge in [0.1, 0.15) is 0 Å². The first-order chi connectivity index (χ1) is 9.93. The zero-order valence-corrected chi connectivity index (χ0v) is 11.0. The monoisotopic (exact) mass is 298 g/mol. The lowest BCUT2D eigenvalue weighted by atomic mass is 10.1. The van der Waals surface area contributed by atoms with Gasteiger partial charge >= 0.3 is 6.18 Å². The summed E-state index contributed by atoms with van der Waals surface area (Å²) in [7, 11) is 0. The predicted molar refractivity (Wildman–Crippen MR) is 69.8 cm³/mol. The molecule has 0 amide bonds. The average Bonchev–Trinajstić information content (AvgIpc) is 3.08. The van der Waals surface area contributed by atoms with Gasteiger partial charge < -0.3 is 14.4 Å². The normalized spacial score (nSPS) is 19.2. The molecule has 2 heterocycles. The Morgan fingerprint density at radius 1 is 1.29 bits per heavy atom. The Balaban J connectivity index is 2.05. The standard InChI is InChI=1S/C14H13F3N2O2/c15-14(16,17)10-3-9(13-6-18-8-21-13)4-11(5-10)19-2-1-12(20)7-19/h3-6,8,12,20H,1-2,7H2/t12-/m1/s1. The van der Waals surface area contributed by atoms with E-state index < -0.39 is 17.8 Å². The molecule has 112 valence electrons. The molecule has 1 aromatic heterocycles. The summed E-state index contributed by atoms with van der Waals surface area (Å²) in [6.07, 6.45) is -1.85. The molecule has 0 spiro atoms. The molecular formula is C14H13F3N2O2. The molecule has 21 heavy (non-hydrogen) atoms. The summed E-state index contributed by atoms with van der Waals surface area (Å²) < 4.78 is 44.2. The molecule has 3 rings (SSSR count). The number of nitrogens with zero attached hydrogens (tertiary/aromatic N) is 2. The fraction of sp³-hybridized carbons (Fsp3) is 0.357. The number of alkyl halides is 3. The Morgan fingerprint density at radius 3 is 2.67 bits per heavy atom. The molecule has 1 aromatic carbocycles. The SMILES string of the molecule is O[C@@H]1CCN(c2cc(-c3cnco3)cc(C(F)(F)F)c2)C1. The number of β-amino-alcohol motifs (C(OH)–C–C–N with tert-alkyl or cyclic N) is 1. The van der Waals surface area contributed by atoms with Crippen LogP contribution < -0.4 is 4.90 Å². The highest BCUT2D eigenvalue weighted by Crippen LogP contribution is 2.36. The smallest absolute Gasteiger partial charge is 0.416 e. The number of aliphatic hydroxyl groups is 1. The van der Waals surface area contributed by atoms with Crippen molar-refractivity contribution >= 4 is 5.69 Å². The van der Waals surface area contributed by atoms with Gasteiger partial charge in [0.15, 0.2) is 12.2 Å². The number of hydrogen-bond donors (Lipinski definition) is 1. The molecule has 4 nitrogen and oxygen atoms in total. The lowest BCUT2D eigenvalue weighted by molar-refractivity contribution is -0.137. The lowest BCUT2D eigenvalue weighted by Crippen LogP contribution is -2.21. The predicted octanol–water partition coefficient (Wildman–Crippen LogP) is 2.93. The molecule has 0 aliphatic carbocycles. The second kappa shape index (κ2) is 5.07. The van der Waals surface area contributed by atoms with Gasteiger partial charge in [0.2, 0.25) is 0 Å². The van der Waals surface area contributed by atoms with Crippen molar-refractivity contribution in [2.45, 2.75) is 18.7 Å². The van der Waals surface area contributed by atoms with Crippen molar-refractivity contribution in [1.82, 2.24) is 4.98 Å². The van der Waals surface area contributed by atoms with Crippen molar-refractivity contribution < 1.29 is 22.7 Å². The maximum Gasteiger partial charge on any atom is 0.416 e. The first-order valence-electron chi connectivity index (χ1n) is 6.47. The third kappa shape index (κ3) is 2.87. The highest BCUT2D eigenvalue weighted by atomic mass is 19.4. The van der Waals surface area contributed by atoms with E-state index >= 15 is 0 Å². The molecule has 0 saturated carbocycles. The van der Waals surface area contributed by atoms with Crippen LogP contribution in [0.1, 0.15) is 12.0 Å². The summed E-state index contributed by atoms with van der Waals surface area (Å²) >= 11 is 0. The molecule has 0 bridgehead atoms. The maximum atomic E-state index is 13.0. The number of anilines is 1. The van der Waals surface area contributed by atoms with E-state index in [0.717, 1.165) is 12.1 Å². The largest absolute Gasteiger partial charge is 0.444 e. The van der Waals surface area contributed by atoms with Gasteiger partial charge in [-0.1, -0.05) is 0 Å². The molecule has 1 saturated heterocycles. The van der Waals surface area contributed by atoms with Gasteiger partial charge in [-0.2, -0.15) is 13.2 Å². The van der Waals surface area contributed by atoms with E-state index in [1.54, 1.807) is 11.0 Å². The summed E-state index contributed by atoms with van der Waals surface area (Å²) in [5.74, 6) is 0.280. The molecule has 1 aliphatic heterocycles. The van der Waals surface area contributed by atoms with Crippen LogP contribution in [0.2, 0.25) is 0 Å². The number of hydrogen-bond acceptors (Lipinski definition) is 4. The number of aliphatic hydroxyl groups excluding tert-OH is 1. The van der Waals surface area contributed by atoms with Gasteiger partial charge in [0.25, 0.3) is 0 Å². The highest BCUT2D eigenvalue weighted by molar-refractivity contribution is 5.66. The van der Waals surface area contributed by atoms with Crippen LogP contribution in [0.5, 0.6) is 0 Å². The Labute approximate surface area is 118 Å². The zero-order chi connectivity index (χ0) is 15.0. The second-order valence-electron chi connectivity index (χ2n) is 5.02. The Kier molecular flexibility index (Phi) is 3.36. The van der Waals surface area contributed by atoms with Crippen LogP contribution in [0, 0.1) is 0 Å². The van der Waals surface area contributed by atoms with E-state index in [1.807, 2.05) is 0 Å². The molecule has 1 atom stereocenters. The van der Waals surface area contributed by atoms with Crippen molar-refractivity contribution in [2.24, 2.45) is 0 Å². The van der Waals surface area contributed by atoms with E-state index in [0.29, 0.717) is 30.8 Å². The van der Waals surface area contributed by atoms with Crippen molar-refractivity contribution in [2.75, 3.05) is 18.0 Å². The maximum absolute atomic E-state index is 13.0. The average molecular weight is 298 g/mol. The highest BCUT2D eigenvalue weighted by Gasteiger charge is 2.32. The van der Waals surface area contributed by atoms with Crippen molar-refractivity contribution in [3.05, 3.63) is 36.4 Å². The van der Waals surface area contributed by atoms with Crippen LogP contribution in [-0.2, 0) is 6.18 Å². The van der Waals surface area contributed by atoms with E-state index in [1.165, 1.54) is 12.6 Å². The quantitative estimate of drug-likeness (QED) is 0.926. The van der Waals surface area contributed by atoms with Crippen LogP contribution in [0.3, 0.4) is 0 Å². The number of halogens is 3. The molecule has 1 N–H and O–H groups in total. The van der Waals surface area contributed by atoms with E-state index in [-0.39, 0.29) is 5.76 Å². The molecule has 1 fully saturated rings. The molecule has 2 aromatic rings. The summed E-state index contributed by atoms with van der Waals surface area (Å²) in [4.78, 5) is 5.46. The number of rotatable bonds is 2. The second-order valence-corrected chi connectivity index (χ2v) is 5.02. The summed E-state index contributed by atoms with van der Waals surface area (Å²) in [6, 6.07) is 3.75. The minimum Gasteiger partial charge on any atom is -0.444 e. The summed E-state index contributed by atoms with van der Waals surface area (Å²) in [5, 5.41) is 9.55. The van der Waals surface area contributed by atoms with Gasteiger partial charge in [-0.25, -0.2) is 4.98 Å². The minimum absolute atomic E-state index is 0.280. The van der Waals surface area contributed by atoms with Crippen LogP contribution in [0.15, 0.2) is 35.2 Å². The van der Waals surface area contributed by atoms with Crippen molar-refractivity contribution in [3.63, 3.8) is 0 Å². The Bertz CT molecular complexity index is 626. The van der Waals surface area contributed by atoms with Crippen LogP contribution >= 0.6 is 0 Å². The topological polar surface area (TPSA) is 49.5 Å². The fourth-order valence-corrected chi connectivity index (χ4v) is 2.43. The van der Waals surface area contributed by atoms with Gasteiger partial charge in [0.05, 0.1) is 17.9 Å². The van der Waals surface area contributed by atoms with Crippen LogP contribution in [0.4, 0.5) is 18.9 Å². The van der Waals surface area contributed by atoms with Gasteiger partial charge in [0, 0.05) is 24.3 Å². The minimum atomic E-state index is -4.44. The van der Waals surface area contributed by atoms with Gasteiger partial charge in [-0.15, -0.1) is 0 Å². The van der Waals surface area contributed by atoms with Crippen molar-refractivity contribution in [1.29, 1.82) is 0 Å². The zero-order valence-electron chi connectivity index (χ0n) is 11.0. The Hall–Kier alpha value is -2.02. The van der Waals surface area contributed by atoms with Crippen LogP contribution in [-0.4, -0.2) is 29.3 Å². The number of aromatic nitrogens is 1. The van der Waals surface area contributed by atoms with E-state index in [2.05, 4.69) is 4.98 Å². The van der Waals surface area contributed by atoms with E-state index in [9.17, 15) is 18.3 Å². The molecular weight excluding hydrogens is 285 g/mol. The van der Waals surface area contributed by atoms with Crippen molar-refractivity contribution in [3.8, 4) is 11.3 Å². The number of benzene rings is 1. The molecule has 0 unspecified atom stereocenters. The third-order valence-electron chi connectivity index (χ3n) is 3.49. The van der Waals surface area contributed by atoms with Crippen LogP contribution in [0.25, 0.3) is 11.3 Å². The molecule has 0 radical (unpaired) electrons. The first kappa shape index (κ1) is 13.9. The van der Waals surface area contributed by atoms with E-state index in [4.69, 9.17) is 4.42 Å².